The van der Waals surface area contributed by atoms with Crippen LogP contribution in [0.4, 0.5) is 0 Å². The van der Waals surface area contributed by atoms with Crippen LogP contribution in [0.15, 0.2) is 6.33 Å². The van der Waals surface area contributed by atoms with Gasteiger partial charge in [0, 0.05) is 12.0 Å². The van der Waals surface area contributed by atoms with Gasteiger partial charge in [-0.25, -0.2) is 9.97 Å². The van der Waals surface area contributed by atoms with E-state index in [-0.39, 0.29) is 22.5 Å². The van der Waals surface area contributed by atoms with Gasteiger partial charge in [-0.15, -0.1) is 0 Å². The van der Waals surface area contributed by atoms with E-state index in [0.29, 0.717) is 5.56 Å². The third kappa shape index (κ3) is 2.16. The average Bonchev–Trinajstić information content (AvgIpc) is 1.97. The van der Waals surface area contributed by atoms with Crippen molar-refractivity contribution < 1.29 is 4.79 Å². The molecule has 3 nitrogen and oxygen atoms in total. The Morgan fingerprint density at radius 2 is 1.92 bits per heavy atom. The van der Waals surface area contributed by atoms with Crippen molar-refractivity contribution >= 4 is 29.0 Å². The number of aromatic nitrogens is 2. The fourth-order valence-corrected chi connectivity index (χ4v) is 1.21. The second-order valence-electron chi connectivity index (χ2n) is 2.31. The fraction of sp³-hybridized carbons (Fsp3) is 0.286. The molecule has 12 heavy (non-hydrogen) atoms. The van der Waals surface area contributed by atoms with Crippen LogP contribution in [0.2, 0.25) is 10.3 Å². The Bertz CT molecular complexity index is 294. The highest BCUT2D eigenvalue weighted by atomic mass is 35.5. The Morgan fingerprint density at radius 1 is 1.42 bits per heavy atom. The molecule has 0 amide bonds. The van der Waals surface area contributed by atoms with E-state index in [2.05, 4.69) is 9.97 Å². The standard InChI is InChI=1S/C7H6Cl2N2O/c1-4(12)2-5-6(8)10-3-11-7(5)9/h3H,2H2,1H3. The predicted molar refractivity (Wildman–Crippen MR) is 46.4 cm³/mol. The molecule has 1 aromatic heterocycles. The van der Waals surface area contributed by atoms with E-state index in [0.717, 1.165) is 0 Å². The fourth-order valence-electron chi connectivity index (χ4n) is 0.766. The molecular formula is C7H6Cl2N2O. The van der Waals surface area contributed by atoms with E-state index in [1.165, 1.54) is 13.3 Å². The normalized spacial score (nSPS) is 9.92. The van der Waals surface area contributed by atoms with Gasteiger partial charge >= 0.3 is 0 Å². The van der Waals surface area contributed by atoms with E-state index in [1.807, 2.05) is 0 Å². The van der Waals surface area contributed by atoms with Crippen LogP contribution >= 0.6 is 23.2 Å². The first-order valence-electron chi connectivity index (χ1n) is 3.25. The molecule has 1 heterocycles. The highest BCUT2D eigenvalue weighted by molar-refractivity contribution is 6.34. The maximum atomic E-state index is 10.7. The number of ketones is 1. The summed E-state index contributed by atoms with van der Waals surface area (Å²) in [5.74, 6) is -0.0198. The van der Waals surface area contributed by atoms with Crippen molar-refractivity contribution in [2.75, 3.05) is 0 Å². The van der Waals surface area contributed by atoms with Crippen molar-refractivity contribution in [1.82, 2.24) is 9.97 Å². The molecule has 64 valence electrons. The minimum atomic E-state index is -0.0198. The SMILES string of the molecule is CC(=O)Cc1c(Cl)ncnc1Cl. The van der Waals surface area contributed by atoms with Gasteiger partial charge in [0.2, 0.25) is 0 Å². The molecule has 0 saturated heterocycles. The Hall–Kier alpha value is -0.670. The van der Waals surface area contributed by atoms with Crippen molar-refractivity contribution in [2.24, 2.45) is 0 Å². The summed E-state index contributed by atoms with van der Waals surface area (Å²) in [7, 11) is 0. The van der Waals surface area contributed by atoms with E-state index >= 15 is 0 Å². The van der Waals surface area contributed by atoms with Gasteiger partial charge in [-0.1, -0.05) is 23.2 Å². The number of carbonyl (C=O) groups excluding carboxylic acids is 1. The lowest BCUT2D eigenvalue weighted by molar-refractivity contribution is -0.116. The summed E-state index contributed by atoms with van der Waals surface area (Å²) < 4.78 is 0. The summed E-state index contributed by atoms with van der Waals surface area (Å²) in [6, 6.07) is 0. The Kier molecular flexibility index (Phi) is 3.00. The van der Waals surface area contributed by atoms with Crippen molar-refractivity contribution in [2.45, 2.75) is 13.3 Å². The summed E-state index contributed by atoms with van der Waals surface area (Å²) in [6.07, 6.45) is 1.44. The topological polar surface area (TPSA) is 42.9 Å². The van der Waals surface area contributed by atoms with Crippen LogP contribution in [0.25, 0.3) is 0 Å². The van der Waals surface area contributed by atoms with Crippen molar-refractivity contribution in [3.8, 4) is 0 Å². The van der Waals surface area contributed by atoms with Gasteiger partial charge in [-0.2, -0.15) is 0 Å². The largest absolute Gasteiger partial charge is 0.300 e. The maximum Gasteiger partial charge on any atom is 0.137 e. The first kappa shape index (κ1) is 9.42. The highest BCUT2D eigenvalue weighted by Crippen LogP contribution is 2.19. The highest BCUT2D eigenvalue weighted by Gasteiger charge is 2.09. The van der Waals surface area contributed by atoms with Crippen molar-refractivity contribution in [3.05, 3.63) is 22.2 Å². The quantitative estimate of drug-likeness (QED) is 0.692. The van der Waals surface area contributed by atoms with Crippen LogP contribution in [0.3, 0.4) is 0 Å². The smallest absolute Gasteiger partial charge is 0.137 e. The monoisotopic (exact) mass is 204 g/mol. The molecule has 0 N–H and O–H groups in total. The maximum absolute atomic E-state index is 10.7. The molecule has 0 saturated carbocycles. The Balaban J connectivity index is 3.04. The molecule has 0 aliphatic rings. The van der Waals surface area contributed by atoms with Gasteiger partial charge in [-0.3, -0.25) is 4.79 Å². The molecule has 0 bridgehead atoms. The zero-order chi connectivity index (χ0) is 9.14. The van der Waals surface area contributed by atoms with Gasteiger partial charge in [0.15, 0.2) is 0 Å². The number of hydrogen-bond acceptors (Lipinski definition) is 3. The molecule has 0 atom stereocenters. The summed E-state index contributed by atoms with van der Waals surface area (Å²) in [4.78, 5) is 18.2. The summed E-state index contributed by atoms with van der Waals surface area (Å²) >= 11 is 11.4. The van der Waals surface area contributed by atoms with Gasteiger partial charge in [-0.05, 0) is 6.92 Å². The second-order valence-corrected chi connectivity index (χ2v) is 3.03. The Labute approximate surface area is 79.7 Å². The van der Waals surface area contributed by atoms with Crippen LogP contribution in [0.5, 0.6) is 0 Å². The third-order valence-electron chi connectivity index (χ3n) is 1.27. The van der Waals surface area contributed by atoms with Gasteiger partial charge < -0.3 is 0 Å². The molecular weight excluding hydrogens is 199 g/mol. The molecule has 0 spiro atoms. The molecule has 0 fully saturated rings. The van der Waals surface area contributed by atoms with Crippen LogP contribution in [-0.4, -0.2) is 15.8 Å². The number of carbonyl (C=O) groups is 1. The summed E-state index contributed by atoms with van der Waals surface area (Å²) in [5.41, 5.74) is 0.494. The van der Waals surface area contributed by atoms with Gasteiger partial charge in [0.25, 0.3) is 0 Å². The van der Waals surface area contributed by atoms with Gasteiger partial charge in [0.1, 0.15) is 22.4 Å². The number of halogens is 2. The minimum Gasteiger partial charge on any atom is -0.300 e. The van der Waals surface area contributed by atoms with Crippen LogP contribution in [-0.2, 0) is 11.2 Å². The number of Topliss-reactive ketones (excluding diaryl/α,β-unsaturated/α-hetero) is 1. The van der Waals surface area contributed by atoms with Crippen molar-refractivity contribution in [1.29, 1.82) is 0 Å². The van der Waals surface area contributed by atoms with E-state index < -0.39 is 0 Å². The minimum absolute atomic E-state index is 0.0198. The number of hydrogen-bond donors (Lipinski definition) is 0. The van der Waals surface area contributed by atoms with Gasteiger partial charge in [0.05, 0.1) is 0 Å². The second kappa shape index (κ2) is 3.83. The van der Waals surface area contributed by atoms with Crippen LogP contribution in [0, 0.1) is 0 Å². The Morgan fingerprint density at radius 3 is 2.33 bits per heavy atom. The molecule has 0 aliphatic heterocycles. The molecule has 0 unspecified atom stereocenters. The van der Waals surface area contributed by atoms with E-state index in [4.69, 9.17) is 23.2 Å². The van der Waals surface area contributed by atoms with Crippen LogP contribution in [0.1, 0.15) is 12.5 Å². The first-order valence-corrected chi connectivity index (χ1v) is 4.01. The van der Waals surface area contributed by atoms with E-state index in [9.17, 15) is 4.79 Å². The lowest BCUT2D eigenvalue weighted by Gasteiger charge is -2.00. The van der Waals surface area contributed by atoms with Crippen LogP contribution < -0.4 is 0 Å². The molecule has 0 aromatic carbocycles. The van der Waals surface area contributed by atoms with E-state index in [1.54, 1.807) is 0 Å². The zero-order valence-electron chi connectivity index (χ0n) is 6.34. The zero-order valence-corrected chi connectivity index (χ0v) is 7.85. The third-order valence-corrected chi connectivity index (χ3v) is 1.92. The lowest BCUT2D eigenvalue weighted by atomic mass is 10.2. The molecule has 0 radical (unpaired) electrons. The summed E-state index contributed by atoms with van der Waals surface area (Å²) in [5, 5.41) is 0.482. The predicted octanol–water partition coefficient (Wildman–Crippen LogP) is 1.91. The summed E-state index contributed by atoms with van der Waals surface area (Å²) in [6.45, 7) is 1.46. The molecule has 5 heteroatoms. The van der Waals surface area contributed by atoms with Crippen molar-refractivity contribution in [3.63, 3.8) is 0 Å². The first-order chi connectivity index (χ1) is 5.61. The number of nitrogens with zero attached hydrogens (tertiary/aromatic N) is 2. The molecule has 1 rings (SSSR count). The molecule has 1 aromatic rings. The average molecular weight is 205 g/mol. The number of rotatable bonds is 2. The lowest BCUT2D eigenvalue weighted by Crippen LogP contribution is -2.00. The molecule has 0 aliphatic carbocycles.